The molecular weight excluding hydrogens is 457 g/mol. The third-order valence-corrected chi connectivity index (χ3v) is 5.48. The number of hydrogen-bond donors (Lipinski definition) is 3. The average molecular weight is 489 g/mol. The number of nitrogens with one attached hydrogen (secondary N) is 3. The van der Waals surface area contributed by atoms with Gasteiger partial charge < -0.3 is 15.5 Å². The molecule has 0 spiro atoms. The summed E-state index contributed by atoms with van der Waals surface area (Å²) in [5.41, 5.74) is 0. The predicted octanol–water partition coefficient (Wildman–Crippen LogP) is 0.357. The van der Waals surface area contributed by atoms with E-state index in [1.165, 1.54) is 0 Å². The minimum absolute atomic E-state index is 0. The second-order valence-electron chi connectivity index (χ2n) is 5.84. The van der Waals surface area contributed by atoms with Crippen molar-refractivity contribution in [2.24, 2.45) is 10.9 Å². The van der Waals surface area contributed by atoms with Gasteiger partial charge in [-0.15, -0.1) is 24.0 Å². The smallest absolute Gasteiger partial charge is 0.220 e. The van der Waals surface area contributed by atoms with Crippen LogP contribution in [0.1, 0.15) is 33.1 Å². The van der Waals surface area contributed by atoms with E-state index in [9.17, 15) is 13.2 Å². The lowest BCUT2D eigenvalue weighted by Crippen LogP contribution is -2.46. The average Bonchev–Trinajstić information content (AvgIpc) is 2.58. The topological polar surface area (TPSA) is 103 Å². The normalized spacial score (nSPS) is 16.3. The first-order valence-electron chi connectivity index (χ1n) is 8.63. The van der Waals surface area contributed by atoms with Crippen molar-refractivity contribution in [1.29, 1.82) is 0 Å². The Kier molecular flexibility index (Phi) is 12.4. The van der Waals surface area contributed by atoms with Crippen LogP contribution in [0.15, 0.2) is 4.99 Å². The van der Waals surface area contributed by atoms with E-state index in [1.54, 1.807) is 14.0 Å². The summed E-state index contributed by atoms with van der Waals surface area (Å²) in [6.45, 7) is 6.80. The van der Waals surface area contributed by atoms with Crippen LogP contribution in [0.5, 0.6) is 0 Å². The molecule has 0 saturated carbocycles. The number of rotatable bonds is 8. The highest BCUT2D eigenvalue weighted by Gasteiger charge is 2.23. The summed E-state index contributed by atoms with van der Waals surface area (Å²) in [5, 5.41) is 5.92. The highest BCUT2D eigenvalue weighted by Crippen LogP contribution is 2.20. The summed E-state index contributed by atoms with van der Waals surface area (Å²) >= 11 is 0. The van der Waals surface area contributed by atoms with Crippen LogP contribution in [0.4, 0.5) is 0 Å². The van der Waals surface area contributed by atoms with E-state index in [4.69, 9.17) is 0 Å². The van der Waals surface area contributed by atoms with Gasteiger partial charge in [-0.2, -0.15) is 0 Å². The van der Waals surface area contributed by atoms with Crippen molar-refractivity contribution in [3.8, 4) is 0 Å². The zero-order chi connectivity index (χ0) is 18.0. The summed E-state index contributed by atoms with van der Waals surface area (Å²) in [4.78, 5) is 18.1. The number of piperidine rings is 1. The van der Waals surface area contributed by atoms with Crippen molar-refractivity contribution in [2.75, 3.05) is 45.5 Å². The molecule has 1 fully saturated rings. The zero-order valence-corrected chi connectivity index (χ0v) is 18.5. The SMILES string of the molecule is CCNC(=NCCNS(=O)(=O)CC)N1CCC(CC(=O)NC)CC1.I. The van der Waals surface area contributed by atoms with Gasteiger partial charge in [-0.05, 0) is 32.6 Å². The Bertz CT molecular complexity index is 519. The first kappa shape index (κ1) is 24.4. The van der Waals surface area contributed by atoms with Crippen molar-refractivity contribution >= 4 is 45.9 Å². The van der Waals surface area contributed by atoms with Gasteiger partial charge in [0, 0.05) is 39.6 Å². The second kappa shape index (κ2) is 12.7. The molecule has 1 rings (SSSR count). The molecule has 1 heterocycles. The van der Waals surface area contributed by atoms with Gasteiger partial charge in [-0.3, -0.25) is 9.79 Å². The molecule has 0 aromatic rings. The van der Waals surface area contributed by atoms with Gasteiger partial charge in [0.15, 0.2) is 5.96 Å². The first-order valence-corrected chi connectivity index (χ1v) is 10.3. The number of amides is 1. The van der Waals surface area contributed by atoms with E-state index in [0.29, 0.717) is 25.4 Å². The van der Waals surface area contributed by atoms with Crippen molar-refractivity contribution in [3.05, 3.63) is 0 Å². The van der Waals surface area contributed by atoms with Gasteiger partial charge in [0.2, 0.25) is 15.9 Å². The Morgan fingerprint density at radius 3 is 2.40 bits per heavy atom. The molecule has 0 radical (unpaired) electrons. The number of nitrogens with zero attached hydrogens (tertiary/aromatic N) is 2. The molecule has 8 nitrogen and oxygen atoms in total. The Balaban J connectivity index is 0.00000576. The summed E-state index contributed by atoms with van der Waals surface area (Å²) in [7, 11) is -1.50. The van der Waals surface area contributed by atoms with Crippen molar-refractivity contribution < 1.29 is 13.2 Å². The molecule has 3 N–H and O–H groups in total. The monoisotopic (exact) mass is 489 g/mol. The highest BCUT2D eigenvalue weighted by atomic mass is 127. The quantitative estimate of drug-likeness (QED) is 0.198. The summed E-state index contributed by atoms with van der Waals surface area (Å²) in [5.74, 6) is 1.40. The lowest BCUT2D eigenvalue weighted by Gasteiger charge is -2.34. The molecule has 10 heteroatoms. The molecule has 0 aromatic heterocycles. The van der Waals surface area contributed by atoms with Gasteiger partial charge in [0.1, 0.15) is 0 Å². The highest BCUT2D eigenvalue weighted by molar-refractivity contribution is 14.0. The Labute approximate surface area is 168 Å². The van der Waals surface area contributed by atoms with Gasteiger partial charge in [0.05, 0.1) is 12.3 Å². The fraction of sp³-hybridized carbons (Fsp3) is 0.867. The van der Waals surface area contributed by atoms with Gasteiger partial charge in [-0.25, -0.2) is 13.1 Å². The zero-order valence-electron chi connectivity index (χ0n) is 15.4. The van der Waals surface area contributed by atoms with E-state index in [0.717, 1.165) is 38.4 Å². The van der Waals surface area contributed by atoms with Crippen LogP contribution in [-0.4, -0.2) is 70.7 Å². The number of halogens is 1. The second-order valence-corrected chi connectivity index (χ2v) is 7.94. The molecule has 0 atom stereocenters. The summed E-state index contributed by atoms with van der Waals surface area (Å²) in [6.07, 6.45) is 2.50. The Morgan fingerprint density at radius 1 is 1.24 bits per heavy atom. The minimum Gasteiger partial charge on any atom is -0.359 e. The maximum atomic E-state index is 11.5. The maximum absolute atomic E-state index is 11.5. The number of sulfonamides is 1. The number of guanidine groups is 1. The molecule has 148 valence electrons. The molecule has 0 aliphatic carbocycles. The van der Waals surface area contributed by atoms with Crippen molar-refractivity contribution in [2.45, 2.75) is 33.1 Å². The van der Waals surface area contributed by atoms with Gasteiger partial charge in [0.25, 0.3) is 0 Å². The lowest BCUT2D eigenvalue weighted by atomic mass is 9.93. The molecule has 0 unspecified atom stereocenters. The standard InChI is InChI=1S/C15H31N5O3S.HI/c1-4-17-15(18-8-9-19-24(22,23)5-2)20-10-6-13(7-11-20)12-14(21)16-3;/h13,19H,4-12H2,1-3H3,(H,16,21)(H,17,18);1H. The number of carbonyl (C=O) groups is 1. The summed E-state index contributed by atoms with van der Waals surface area (Å²) < 4.78 is 25.3. The van der Waals surface area contributed by atoms with Gasteiger partial charge in [-0.1, -0.05) is 0 Å². The van der Waals surface area contributed by atoms with Crippen LogP contribution < -0.4 is 15.4 Å². The Hall–Kier alpha value is -0.620. The van der Waals surface area contributed by atoms with Crippen molar-refractivity contribution in [3.63, 3.8) is 0 Å². The van der Waals surface area contributed by atoms with E-state index in [2.05, 4.69) is 25.2 Å². The predicted molar refractivity (Wildman–Crippen MR) is 112 cm³/mol. The van der Waals surface area contributed by atoms with E-state index in [-0.39, 0.29) is 35.6 Å². The third-order valence-electron chi connectivity index (χ3n) is 4.08. The molecule has 0 aromatic carbocycles. The summed E-state index contributed by atoms with van der Waals surface area (Å²) in [6, 6.07) is 0. The van der Waals surface area contributed by atoms with Crippen LogP contribution in [0.25, 0.3) is 0 Å². The maximum Gasteiger partial charge on any atom is 0.220 e. The third kappa shape index (κ3) is 9.59. The van der Waals surface area contributed by atoms with Gasteiger partial charge >= 0.3 is 0 Å². The minimum atomic E-state index is -3.17. The van der Waals surface area contributed by atoms with Crippen LogP contribution in [0, 0.1) is 5.92 Å². The molecule has 1 saturated heterocycles. The fourth-order valence-electron chi connectivity index (χ4n) is 2.60. The number of hydrogen-bond acceptors (Lipinski definition) is 4. The Morgan fingerprint density at radius 2 is 1.88 bits per heavy atom. The molecule has 1 aliphatic rings. The number of aliphatic imine (C=N–C) groups is 1. The van der Waals surface area contributed by atoms with Crippen molar-refractivity contribution in [1.82, 2.24) is 20.3 Å². The molecule has 1 aliphatic heterocycles. The molecular formula is C15H32IN5O3S. The largest absolute Gasteiger partial charge is 0.359 e. The lowest BCUT2D eigenvalue weighted by molar-refractivity contribution is -0.121. The fourth-order valence-corrected chi connectivity index (χ4v) is 3.21. The first-order chi connectivity index (χ1) is 11.4. The molecule has 25 heavy (non-hydrogen) atoms. The number of carbonyl (C=O) groups excluding carboxylic acids is 1. The molecule has 0 bridgehead atoms. The van der Waals surface area contributed by atoms with E-state index >= 15 is 0 Å². The molecule has 1 amide bonds. The van der Waals surface area contributed by atoms with Crippen LogP contribution in [0.2, 0.25) is 0 Å². The van der Waals surface area contributed by atoms with E-state index in [1.807, 2.05) is 6.92 Å². The van der Waals surface area contributed by atoms with Crippen LogP contribution >= 0.6 is 24.0 Å². The van der Waals surface area contributed by atoms with E-state index < -0.39 is 10.0 Å². The van der Waals surface area contributed by atoms with Crippen LogP contribution in [-0.2, 0) is 14.8 Å². The van der Waals surface area contributed by atoms with Crippen LogP contribution in [0.3, 0.4) is 0 Å². The number of likely N-dealkylation sites (tertiary alicyclic amines) is 1.